The van der Waals surface area contributed by atoms with Gasteiger partial charge in [0.2, 0.25) is 0 Å². The molecule has 4 aromatic rings. The van der Waals surface area contributed by atoms with Gasteiger partial charge in [-0.05, 0) is 68.8 Å². The molecule has 2 heterocycles. The van der Waals surface area contributed by atoms with Crippen LogP contribution in [0.25, 0.3) is 0 Å². The number of aromatic amines is 1. The molecule has 3 aromatic carbocycles. The number of ether oxygens (including phenoxy) is 5. The van der Waals surface area contributed by atoms with Crippen LogP contribution in [-0.2, 0) is 42.7 Å². The van der Waals surface area contributed by atoms with Gasteiger partial charge in [0.25, 0.3) is 5.56 Å². The van der Waals surface area contributed by atoms with Gasteiger partial charge in [-0.2, -0.15) is 0 Å². The molecule has 0 spiro atoms. The molecule has 296 valence electrons. The highest BCUT2D eigenvalue weighted by Crippen LogP contribution is 2.52. The molecular formula is C39H48N3O12P. The summed E-state index contributed by atoms with van der Waals surface area (Å²) >= 11 is 0. The lowest BCUT2D eigenvalue weighted by molar-refractivity contribution is -0.159. The number of methoxy groups -OCH3 is 2. The van der Waals surface area contributed by atoms with Gasteiger partial charge in [0, 0.05) is 19.4 Å². The van der Waals surface area contributed by atoms with Gasteiger partial charge in [-0.1, -0.05) is 54.6 Å². The number of rotatable bonds is 17. The zero-order valence-electron chi connectivity index (χ0n) is 31.9. The first kappa shape index (κ1) is 41.6. The maximum atomic E-state index is 14.2. The third-order valence-corrected chi connectivity index (χ3v) is 10.5. The minimum atomic E-state index is -4.39. The summed E-state index contributed by atoms with van der Waals surface area (Å²) < 4.78 is 62.1. The molecular weight excluding hydrogens is 733 g/mol. The van der Waals surface area contributed by atoms with Crippen LogP contribution in [0.15, 0.2) is 101 Å². The summed E-state index contributed by atoms with van der Waals surface area (Å²) in [6, 6.07) is 25.0. The smallest absolute Gasteiger partial charge is 0.475 e. The average molecular weight is 782 g/mol. The molecule has 1 fully saturated rings. The lowest BCUT2D eigenvalue weighted by Crippen LogP contribution is -2.46. The Morgan fingerprint density at radius 2 is 1.44 bits per heavy atom. The van der Waals surface area contributed by atoms with Crippen molar-refractivity contribution in [2.75, 3.05) is 48.2 Å². The van der Waals surface area contributed by atoms with Crippen LogP contribution in [0.1, 0.15) is 43.7 Å². The maximum absolute atomic E-state index is 14.2. The Hall–Kier alpha value is -4.60. The fourth-order valence-electron chi connectivity index (χ4n) is 6.24. The van der Waals surface area contributed by atoms with Crippen LogP contribution < -0.4 is 26.0 Å². The van der Waals surface area contributed by atoms with Crippen molar-refractivity contribution in [2.24, 2.45) is 5.41 Å². The number of nitrogens with one attached hydrogen (secondary N) is 2. The molecule has 2 N–H and O–H groups in total. The molecule has 5 rings (SSSR count). The second-order valence-electron chi connectivity index (χ2n) is 13.6. The summed E-state index contributed by atoms with van der Waals surface area (Å²) in [4.78, 5) is 39.6. The highest BCUT2D eigenvalue weighted by Gasteiger charge is 2.50. The number of carbonyl (C=O) groups excluding carboxylic acids is 1. The Labute approximate surface area is 319 Å². The molecule has 0 bridgehead atoms. The SMILES string of the molecule is CNC1C(OP(=O)(OC)OCCOC(c2ccccc2)(c2ccc(OC)cc2)c2ccc(OC)cc2)[C@@H](COC(=O)C(C)(C)C)O[C@H]1n1ccc(=O)[nH]c1=O. The highest BCUT2D eigenvalue weighted by atomic mass is 31.2. The number of hydrogen-bond donors (Lipinski definition) is 2. The number of likely N-dealkylation sites (N-methyl/N-ethyl adjacent to an activating group) is 1. The van der Waals surface area contributed by atoms with E-state index in [0.29, 0.717) is 11.5 Å². The van der Waals surface area contributed by atoms with Crippen molar-refractivity contribution in [3.05, 3.63) is 129 Å². The van der Waals surface area contributed by atoms with Crippen LogP contribution in [0, 0.1) is 5.41 Å². The maximum Gasteiger partial charge on any atom is 0.475 e. The predicted molar refractivity (Wildman–Crippen MR) is 202 cm³/mol. The largest absolute Gasteiger partial charge is 0.497 e. The summed E-state index contributed by atoms with van der Waals surface area (Å²) in [5, 5.41) is 3.04. The Morgan fingerprint density at radius 1 is 0.855 bits per heavy atom. The van der Waals surface area contributed by atoms with Crippen molar-refractivity contribution in [3.8, 4) is 11.5 Å². The first-order chi connectivity index (χ1) is 26.3. The Morgan fingerprint density at radius 3 is 1.95 bits per heavy atom. The molecule has 0 saturated carbocycles. The third kappa shape index (κ3) is 9.45. The van der Waals surface area contributed by atoms with E-state index in [1.54, 1.807) is 42.0 Å². The fourth-order valence-corrected chi connectivity index (χ4v) is 7.36. The predicted octanol–water partition coefficient (Wildman–Crippen LogP) is 4.79. The van der Waals surface area contributed by atoms with Gasteiger partial charge in [0.15, 0.2) is 6.23 Å². The van der Waals surface area contributed by atoms with E-state index in [4.69, 9.17) is 37.3 Å². The zero-order chi connectivity index (χ0) is 39.8. The number of H-pyrrole nitrogens is 1. The van der Waals surface area contributed by atoms with Crippen molar-refractivity contribution in [2.45, 2.75) is 50.8 Å². The van der Waals surface area contributed by atoms with E-state index >= 15 is 0 Å². The Kier molecular flexibility index (Phi) is 13.5. The van der Waals surface area contributed by atoms with Crippen molar-refractivity contribution < 1.29 is 46.6 Å². The Bertz CT molecular complexity index is 1980. The van der Waals surface area contributed by atoms with E-state index in [2.05, 4.69) is 10.3 Å². The van der Waals surface area contributed by atoms with Crippen LogP contribution in [0.4, 0.5) is 0 Å². The number of benzene rings is 3. The lowest BCUT2D eigenvalue weighted by atomic mass is 9.80. The second-order valence-corrected chi connectivity index (χ2v) is 15.4. The van der Waals surface area contributed by atoms with E-state index in [9.17, 15) is 18.9 Å². The number of carbonyl (C=O) groups is 1. The average Bonchev–Trinajstić information content (AvgIpc) is 3.52. The molecule has 55 heavy (non-hydrogen) atoms. The van der Waals surface area contributed by atoms with Gasteiger partial charge in [-0.3, -0.25) is 32.7 Å². The van der Waals surface area contributed by atoms with Crippen molar-refractivity contribution in [1.29, 1.82) is 0 Å². The number of phosphoric ester groups is 1. The molecule has 15 nitrogen and oxygen atoms in total. The topological polar surface area (TPSA) is 175 Å². The first-order valence-electron chi connectivity index (χ1n) is 17.6. The summed E-state index contributed by atoms with van der Waals surface area (Å²) in [7, 11) is 1.55. The molecule has 1 aliphatic heterocycles. The number of nitrogens with zero attached hydrogens (tertiary/aromatic N) is 1. The van der Waals surface area contributed by atoms with E-state index < -0.39 is 60.5 Å². The van der Waals surface area contributed by atoms with Gasteiger partial charge in [-0.15, -0.1) is 0 Å². The van der Waals surface area contributed by atoms with Gasteiger partial charge < -0.3 is 29.0 Å². The van der Waals surface area contributed by atoms with Gasteiger partial charge >= 0.3 is 19.5 Å². The van der Waals surface area contributed by atoms with Crippen molar-refractivity contribution in [1.82, 2.24) is 14.9 Å². The van der Waals surface area contributed by atoms with E-state index in [1.807, 2.05) is 78.9 Å². The number of phosphoric acid groups is 1. The molecule has 1 aromatic heterocycles. The molecule has 5 atom stereocenters. The van der Waals surface area contributed by atoms with Crippen LogP contribution >= 0.6 is 7.82 Å². The van der Waals surface area contributed by atoms with Crippen LogP contribution in [0.5, 0.6) is 11.5 Å². The van der Waals surface area contributed by atoms with Crippen LogP contribution in [-0.4, -0.2) is 82.0 Å². The molecule has 3 unspecified atom stereocenters. The van der Waals surface area contributed by atoms with E-state index in [1.165, 1.54) is 13.3 Å². The summed E-state index contributed by atoms with van der Waals surface area (Å²) in [6.07, 6.45) is -2.00. The minimum absolute atomic E-state index is 0.0949. The van der Waals surface area contributed by atoms with Gasteiger partial charge in [0.05, 0.1) is 38.9 Å². The van der Waals surface area contributed by atoms with E-state index in [0.717, 1.165) is 27.3 Å². The molecule has 0 radical (unpaired) electrons. The molecule has 0 aliphatic carbocycles. The van der Waals surface area contributed by atoms with Crippen LogP contribution in [0.2, 0.25) is 0 Å². The summed E-state index contributed by atoms with van der Waals surface area (Å²) in [6.45, 7) is 4.43. The van der Waals surface area contributed by atoms with Crippen molar-refractivity contribution in [3.63, 3.8) is 0 Å². The monoisotopic (exact) mass is 781 g/mol. The molecule has 16 heteroatoms. The Balaban J connectivity index is 1.42. The van der Waals surface area contributed by atoms with Crippen molar-refractivity contribution >= 4 is 13.8 Å². The number of aromatic nitrogens is 2. The molecule has 1 saturated heterocycles. The standard InChI is InChI=1S/C39H48N3O12P/c1-38(2,3)36(44)50-25-31-34(33(40-4)35(53-31)42-22-21-32(43)41-37(42)45)54-55(46,49-7)52-24-23-51-39(26-11-9-8-10-12-26,27-13-17-29(47-5)18-14-27)28-15-19-30(48-6)20-16-28/h8-22,31,33-35,40H,23-25H2,1-7H3,(H,41,43,45)/t31-,33?,34?,35-,55?/m1/s1. The highest BCUT2D eigenvalue weighted by molar-refractivity contribution is 7.48. The second kappa shape index (κ2) is 17.9. The molecule has 1 aliphatic rings. The normalized spacial score (nSPS) is 19.8. The quantitative estimate of drug-likeness (QED) is 0.0648. The summed E-state index contributed by atoms with van der Waals surface area (Å²) in [5.41, 5.74) is -0.964. The van der Waals surface area contributed by atoms with Gasteiger partial charge in [0.1, 0.15) is 35.9 Å². The first-order valence-corrected chi connectivity index (χ1v) is 19.0. The number of hydrogen-bond acceptors (Lipinski definition) is 13. The van der Waals surface area contributed by atoms with E-state index in [-0.39, 0.29) is 19.8 Å². The fraction of sp³-hybridized carbons (Fsp3) is 0.410. The van der Waals surface area contributed by atoms with Gasteiger partial charge in [-0.25, -0.2) is 9.36 Å². The minimum Gasteiger partial charge on any atom is -0.497 e. The number of esters is 1. The zero-order valence-corrected chi connectivity index (χ0v) is 32.8. The van der Waals surface area contributed by atoms with Crippen LogP contribution in [0.3, 0.4) is 0 Å². The summed E-state index contributed by atoms with van der Waals surface area (Å²) in [5.74, 6) is 0.813. The third-order valence-electron chi connectivity index (χ3n) is 9.09. The lowest BCUT2D eigenvalue weighted by Gasteiger charge is -2.36. The molecule has 0 amide bonds.